The van der Waals surface area contributed by atoms with Crippen molar-refractivity contribution in [3.05, 3.63) is 33.6 Å². The van der Waals surface area contributed by atoms with Crippen LogP contribution < -0.4 is 5.32 Å². The molecule has 1 N–H and O–H groups in total. The van der Waals surface area contributed by atoms with E-state index in [9.17, 15) is 4.79 Å². The number of ether oxygens (including phenoxy) is 1. The van der Waals surface area contributed by atoms with Gasteiger partial charge < -0.3 is 10.1 Å². The maximum atomic E-state index is 11.8. The van der Waals surface area contributed by atoms with Crippen LogP contribution in [-0.4, -0.2) is 24.1 Å². The highest BCUT2D eigenvalue weighted by molar-refractivity contribution is 9.10. The van der Waals surface area contributed by atoms with Gasteiger partial charge in [0, 0.05) is 21.5 Å². The molecule has 0 atom stereocenters. The molecule has 1 aromatic carbocycles. The number of nitrogens with one attached hydrogen (secondary N) is 1. The number of carbonyl (C=O) groups excluding carboxylic acids is 1. The lowest BCUT2D eigenvalue weighted by molar-refractivity contribution is -0.117. The largest absolute Gasteiger partial charge is 0.381 e. The highest BCUT2D eigenvalue weighted by atomic mass is 79.9. The summed E-state index contributed by atoms with van der Waals surface area (Å²) >= 11 is 4.90. The minimum atomic E-state index is -0.0699. The lowest BCUT2D eigenvalue weighted by atomic mass is 10.1. The van der Waals surface area contributed by atoms with Gasteiger partial charge in [-0.25, -0.2) is 4.98 Å². The lowest BCUT2D eigenvalue weighted by Gasteiger charge is -2.01. The van der Waals surface area contributed by atoms with Crippen molar-refractivity contribution in [1.29, 1.82) is 0 Å². The first kappa shape index (κ1) is 16.1. The highest BCUT2D eigenvalue weighted by Crippen LogP contribution is 2.31. The molecule has 0 fully saturated rings. The molecule has 6 heteroatoms. The SMILES string of the molecule is CCOCCC(=O)Nc1nc(-c2ccc(Br)cc2)c(C)s1. The van der Waals surface area contributed by atoms with Crippen LogP contribution in [0.1, 0.15) is 18.2 Å². The first-order valence-electron chi connectivity index (χ1n) is 6.71. The second-order valence-electron chi connectivity index (χ2n) is 4.43. The molecule has 4 nitrogen and oxygen atoms in total. The summed E-state index contributed by atoms with van der Waals surface area (Å²) in [6, 6.07) is 7.97. The minimum Gasteiger partial charge on any atom is -0.381 e. The van der Waals surface area contributed by atoms with Crippen LogP contribution in [0.3, 0.4) is 0 Å². The zero-order valence-corrected chi connectivity index (χ0v) is 14.4. The van der Waals surface area contributed by atoms with Gasteiger partial charge in [0.05, 0.1) is 18.7 Å². The number of aromatic nitrogens is 1. The van der Waals surface area contributed by atoms with Crippen molar-refractivity contribution in [2.45, 2.75) is 20.3 Å². The molecule has 0 spiro atoms. The smallest absolute Gasteiger partial charge is 0.228 e. The first-order valence-corrected chi connectivity index (χ1v) is 8.32. The zero-order chi connectivity index (χ0) is 15.2. The molecule has 0 aliphatic rings. The maximum absolute atomic E-state index is 11.8. The molecule has 1 heterocycles. The second kappa shape index (κ2) is 7.68. The zero-order valence-electron chi connectivity index (χ0n) is 12.0. The summed E-state index contributed by atoms with van der Waals surface area (Å²) in [5.74, 6) is -0.0699. The molecule has 0 bridgehead atoms. The Balaban J connectivity index is 2.05. The van der Waals surface area contributed by atoms with Crippen LogP contribution in [0.4, 0.5) is 5.13 Å². The highest BCUT2D eigenvalue weighted by Gasteiger charge is 2.12. The van der Waals surface area contributed by atoms with Gasteiger partial charge in [-0.05, 0) is 26.0 Å². The number of amides is 1. The second-order valence-corrected chi connectivity index (χ2v) is 6.54. The topological polar surface area (TPSA) is 51.2 Å². The molecule has 1 amide bonds. The number of hydrogen-bond acceptors (Lipinski definition) is 4. The Hall–Kier alpha value is -1.24. The monoisotopic (exact) mass is 368 g/mol. The first-order chi connectivity index (χ1) is 10.1. The van der Waals surface area contributed by atoms with E-state index < -0.39 is 0 Å². The van der Waals surface area contributed by atoms with Gasteiger partial charge in [-0.3, -0.25) is 4.79 Å². The van der Waals surface area contributed by atoms with Crippen molar-refractivity contribution in [2.24, 2.45) is 0 Å². The summed E-state index contributed by atoms with van der Waals surface area (Å²) in [6.45, 7) is 4.97. The molecule has 2 aromatic rings. The summed E-state index contributed by atoms with van der Waals surface area (Å²) in [7, 11) is 0. The number of halogens is 1. The molecule has 0 saturated heterocycles. The van der Waals surface area contributed by atoms with Crippen LogP contribution in [0.2, 0.25) is 0 Å². The Morgan fingerprint density at radius 2 is 2.10 bits per heavy atom. The molecular formula is C15H17BrN2O2S. The van der Waals surface area contributed by atoms with Gasteiger partial charge >= 0.3 is 0 Å². The standard InChI is InChI=1S/C15H17BrN2O2S/c1-3-20-9-8-13(19)17-15-18-14(10(2)21-15)11-4-6-12(16)7-5-11/h4-7H,3,8-9H2,1-2H3,(H,17,18,19). The Labute approximate surface area is 136 Å². The molecule has 0 aliphatic carbocycles. The summed E-state index contributed by atoms with van der Waals surface area (Å²) in [5.41, 5.74) is 1.95. The average Bonchev–Trinajstić information content (AvgIpc) is 2.80. The molecule has 0 unspecified atom stereocenters. The van der Waals surface area contributed by atoms with Crippen molar-refractivity contribution in [2.75, 3.05) is 18.5 Å². The third-order valence-electron chi connectivity index (χ3n) is 2.84. The van der Waals surface area contributed by atoms with Crippen molar-refractivity contribution >= 4 is 38.3 Å². The van der Waals surface area contributed by atoms with E-state index in [4.69, 9.17) is 4.74 Å². The van der Waals surface area contributed by atoms with E-state index in [0.717, 1.165) is 20.6 Å². The fraction of sp³-hybridized carbons (Fsp3) is 0.333. The maximum Gasteiger partial charge on any atom is 0.228 e. The van der Waals surface area contributed by atoms with Gasteiger partial charge in [-0.1, -0.05) is 28.1 Å². The predicted octanol–water partition coefficient (Wildman–Crippen LogP) is 4.25. The fourth-order valence-electron chi connectivity index (χ4n) is 1.82. The van der Waals surface area contributed by atoms with Crippen LogP contribution in [0, 0.1) is 6.92 Å². The Bertz CT molecular complexity index is 611. The Morgan fingerprint density at radius 3 is 2.76 bits per heavy atom. The molecule has 0 radical (unpaired) electrons. The number of thiazole rings is 1. The van der Waals surface area contributed by atoms with Crippen LogP contribution in [-0.2, 0) is 9.53 Å². The predicted molar refractivity (Wildman–Crippen MR) is 89.7 cm³/mol. The van der Waals surface area contributed by atoms with Crippen LogP contribution in [0.15, 0.2) is 28.7 Å². The van der Waals surface area contributed by atoms with Crippen LogP contribution in [0.25, 0.3) is 11.3 Å². The third kappa shape index (κ3) is 4.62. The number of carbonyl (C=O) groups is 1. The Morgan fingerprint density at radius 1 is 1.38 bits per heavy atom. The molecule has 0 aliphatic heterocycles. The van der Waals surface area contributed by atoms with Gasteiger partial charge in [-0.15, -0.1) is 11.3 Å². The average molecular weight is 369 g/mol. The normalized spacial score (nSPS) is 10.6. The van der Waals surface area contributed by atoms with Crippen LogP contribution in [0.5, 0.6) is 0 Å². The molecule has 1 aromatic heterocycles. The van der Waals surface area contributed by atoms with Crippen LogP contribution >= 0.6 is 27.3 Å². The van der Waals surface area contributed by atoms with Gasteiger partial charge in [0.1, 0.15) is 0 Å². The van der Waals surface area contributed by atoms with E-state index in [1.165, 1.54) is 11.3 Å². The van der Waals surface area contributed by atoms with E-state index in [0.29, 0.717) is 24.8 Å². The Kier molecular flexibility index (Phi) is 5.90. The summed E-state index contributed by atoms with van der Waals surface area (Å²) in [6.07, 6.45) is 0.347. The summed E-state index contributed by atoms with van der Waals surface area (Å²) in [5, 5.41) is 3.45. The molecule has 21 heavy (non-hydrogen) atoms. The number of rotatable bonds is 6. The van der Waals surface area contributed by atoms with Gasteiger partial charge in [0.15, 0.2) is 5.13 Å². The lowest BCUT2D eigenvalue weighted by Crippen LogP contribution is -2.13. The number of nitrogens with zero attached hydrogens (tertiary/aromatic N) is 1. The van der Waals surface area contributed by atoms with Crippen molar-refractivity contribution in [1.82, 2.24) is 4.98 Å². The van der Waals surface area contributed by atoms with Crippen molar-refractivity contribution in [3.8, 4) is 11.3 Å². The molecular weight excluding hydrogens is 352 g/mol. The van der Waals surface area contributed by atoms with Gasteiger partial charge in [-0.2, -0.15) is 0 Å². The van der Waals surface area contributed by atoms with Crippen molar-refractivity contribution < 1.29 is 9.53 Å². The number of benzene rings is 1. The summed E-state index contributed by atoms with van der Waals surface area (Å²) in [4.78, 5) is 17.3. The quantitative estimate of drug-likeness (QED) is 0.775. The molecule has 112 valence electrons. The number of anilines is 1. The van der Waals surface area contributed by atoms with Crippen molar-refractivity contribution in [3.63, 3.8) is 0 Å². The van der Waals surface area contributed by atoms with E-state index in [-0.39, 0.29) is 5.91 Å². The summed E-state index contributed by atoms with van der Waals surface area (Å²) < 4.78 is 6.20. The van der Waals surface area contributed by atoms with E-state index in [1.807, 2.05) is 38.1 Å². The minimum absolute atomic E-state index is 0.0699. The fourth-order valence-corrected chi connectivity index (χ4v) is 2.93. The van der Waals surface area contributed by atoms with E-state index >= 15 is 0 Å². The number of hydrogen-bond donors (Lipinski definition) is 1. The number of aryl methyl sites for hydroxylation is 1. The molecule has 2 rings (SSSR count). The third-order valence-corrected chi connectivity index (χ3v) is 4.25. The van der Waals surface area contributed by atoms with E-state index in [2.05, 4.69) is 26.2 Å². The molecule has 0 saturated carbocycles. The van der Waals surface area contributed by atoms with Gasteiger partial charge in [0.25, 0.3) is 0 Å². The van der Waals surface area contributed by atoms with E-state index in [1.54, 1.807) is 0 Å². The van der Waals surface area contributed by atoms with Gasteiger partial charge in [0.2, 0.25) is 5.91 Å².